The van der Waals surface area contributed by atoms with Crippen LogP contribution in [0.5, 0.6) is 5.75 Å². The van der Waals surface area contributed by atoms with E-state index in [0.717, 1.165) is 16.4 Å². The number of para-hydroxylation sites is 1. The van der Waals surface area contributed by atoms with Crippen LogP contribution in [0.15, 0.2) is 71.6 Å². The Morgan fingerprint density at radius 2 is 1.67 bits per heavy atom. The van der Waals surface area contributed by atoms with E-state index in [1.54, 1.807) is 36.4 Å². The van der Waals surface area contributed by atoms with Crippen molar-refractivity contribution in [2.45, 2.75) is 4.90 Å². The number of carbonyl (C=O) groups excluding carboxylic acids is 1. The molecule has 30 heavy (non-hydrogen) atoms. The number of sulfonamides is 1. The van der Waals surface area contributed by atoms with Gasteiger partial charge in [0.05, 0.1) is 18.4 Å². The van der Waals surface area contributed by atoms with E-state index in [2.05, 4.69) is 5.32 Å². The first-order chi connectivity index (χ1) is 14.2. The van der Waals surface area contributed by atoms with Crippen molar-refractivity contribution in [2.75, 3.05) is 23.8 Å². The SMILES string of the molecule is COc1ccc(NC(=O)c2ccccc2N(C)S(=O)(=O)c2ccc(F)cc2F)cc1. The predicted molar refractivity (Wildman–Crippen MR) is 109 cm³/mol. The second kappa shape index (κ2) is 8.50. The summed E-state index contributed by atoms with van der Waals surface area (Å²) in [6.07, 6.45) is 0. The molecule has 0 aliphatic carbocycles. The third-order valence-electron chi connectivity index (χ3n) is 4.37. The van der Waals surface area contributed by atoms with Gasteiger partial charge in [-0.3, -0.25) is 9.10 Å². The molecule has 0 radical (unpaired) electrons. The van der Waals surface area contributed by atoms with Gasteiger partial charge in [0.1, 0.15) is 22.3 Å². The molecular weight excluding hydrogens is 414 g/mol. The lowest BCUT2D eigenvalue weighted by Gasteiger charge is -2.22. The fourth-order valence-corrected chi connectivity index (χ4v) is 4.03. The maximum absolute atomic E-state index is 14.1. The highest BCUT2D eigenvalue weighted by Gasteiger charge is 2.28. The number of benzene rings is 3. The highest BCUT2D eigenvalue weighted by Crippen LogP contribution is 2.28. The van der Waals surface area contributed by atoms with Crippen molar-refractivity contribution in [3.8, 4) is 5.75 Å². The molecule has 0 aliphatic heterocycles. The monoisotopic (exact) mass is 432 g/mol. The first-order valence-electron chi connectivity index (χ1n) is 8.72. The van der Waals surface area contributed by atoms with Gasteiger partial charge in [0.25, 0.3) is 15.9 Å². The molecule has 0 bridgehead atoms. The molecule has 0 spiro atoms. The Hall–Kier alpha value is -3.46. The first-order valence-corrected chi connectivity index (χ1v) is 10.2. The van der Waals surface area contributed by atoms with Crippen LogP contribution in [0.1, 0.15) is 10.4 Å². The van der Waals surface area contributed by atoms with Gasteiger partial charge in [-0.15, -0.1) is 0 Å². The Kier molecular flexibility index (Phi) is 6.02. The number of nitrogens with zero attached hydrogens (tertiary/aromatic N) is 1. The molecule has 0 aromatic heterocycles. The second-order valence-electron chi connectivity index (χ2n) is 6.25. The van der Waals surface area contributed by atoms with Crippen molar-refractivity contribution in [2.24, 2.45) is 0 Å². The molecule has 9 heteroatoms. The highest BCUT2D eigenvalue weighted by atomic mass is 32.2. The number of rotatable bonds is 6. The molecule has 0 saturated heterocycles. The zero-order valence-corrected chi connectivity index (χ0v) is 16.9. The predicted octanol–water partition coefficient (Wildman–Crippen LogP) is 4.05. The summed E-state index contributed by atoms with van der Waals surface area (Å²) in [5.41, 5.74) is 0.569. The van der Waals surface area contributed by atoms with Gasteiger partial charge in [-0.1, -0.05) is 12.1 Å². The summed E-state index contributed by atoms with van der Waals surface area (Å²) in [5.74, 6) is -2.06. The van der Waals surface area contributed by atoms with Gasteiger partial charge in [0.2, 0.25) is 0 Å². The van der Waals surface area contributed by atoms with Crippen LogP contribution < -0.4 is 14.4 Å². The number of hydrogen-bond acceptors (Lipinski definition) is 4. The summed E-state index contributed by atoms with van der Waals surface area (Å²) >= 11 is 0. The van der Waals surface area contributed by atoms with Gasteiger partial charge in [0, 0.05) is 18.8 Å². The molecule has 0 unspecified atom stereocenters. The number of nitrogens with one attached hydrogen (secondary N) is 1. The third-order valence-corrected chi connectivity index (χ3v) is 6.17. The topological polar surface area (TPSA) is 75.7 Å². The standard InChI is InChI=1S/C21H18F2N2O4S/c1-25(30(27,28)20-12-7-14(22)13-18(20)23)19-6-4-3-5-17(19)21(26)24-15-8-10-16(29-2)11-9-15/h3-13H,1-2H3,(H,24,26). The van der Waals surface area contributed by atoms with E-state index in [0.29, 0.717) is 17.5 Å². The quantitative estimate of drug-likeness (QED) is 0.638. The number of amides is 1. The molecule has 156 valence electrons. The lowest BCUT2D eigenvalue weighted by Crippen LogP contribution is -2.29. The van der Waals surface area contributed by atoms with E-state index in [1.807, 2.05) is 0 Å². The molecule has 0 heterocycles. The molecule has 0 saturated carbocycles. The Bertz CT molecular complexity index is 1180. The van der Waals surface area contributed by atoms with Crippen LogP contribution in [-0.4, -0.2) is 28.5 Å². The minimum atomic E-state index is -4.38. The Labute approximate surface area is 172 Å². The van der Waals surface area contributed by atoms with Gasteiger partial charge < -0.3 is 10.1 Å². The molecule has 0 aliphatic rings. The van der Waals surface area contributed by atoms with Crippen LogP contribution in [0.3, 0.4) is 0 Å². The normalized spacial score (nSPS) is 11.1. The van der Waals surface area contributed by atoms with E-state index in [9.17, 15) is 22.0 Å². The average molecular weight is 432 g/mol. The summed E-state index contributed by atoms with van der Waals surface area (Å²) < 4.78 is 58.9. The van der Waals surface area contributed by atoms with Gasteiger partial charge >= 0.3 is 0 Å². The lowest BCUT2D eigenvalue weighted by molar-refractivity contribution is 0.102. The van der Waals surface area contributed by atoms with Crippen molar-refractivity contribution < 1.29 is 26.7 Å². The van der Waals surface area contributed by atoms with E-state index in [1.165, 1.54) is 26.3 Å². The molecule has 6 nitrogen and oxygen atoms in total. The highest BCUT2D eigenvalue weighted by molar-refractivity contribution is 7.92. The van der Waals surface area contributed by atoms with Crippen molar-refractivity contribution in [1.82, 2.24) is 0 Å². The number of methoxy groups -OCH3 is 1. The van der Waals surface area contributed by atoms with Crippen LogP contribution in [0.2, 0.25) is 0 Å². The van der Waals surface area contributed by atoms with E-state index < -0.39 is 32.5 Å². The summed E-state index contributed by atoms with van der Waals surface area (Å²) in [6, 6.07) is 14.8. The Balaban J connectivity index is 1.94. The van der Waals surface area contributed by atoms with E-state index >= 15 is 0 Å². The summed E-state index contributed by atoms with van der Waals surface area (Å²) in [6.45, 7) is 0. The molecule has 3 aromatic carbocycles. The van der Waals surface area contributed by atoms with Crippen molar-refractivity contribution in [3.05, 3.63) is 83.9 Å². The van der Waals surface area contributed by atoms with Crippen molar-refractivity contribution in [1.29, 1.82) is 0 Å². The zero-order chi connectivity index (χ0) is 21.9. The molecule has 1 amide bonds. The van der Waals surface area contributed by atoms with Gasteiger partial charge in [-0.25, -0.2) is 17.2 Å². The number of ether oxygens (including phenoxy) is 1. The number of hydrogen-bond donors (Lipinski definition) is 1. The van der Waals surface area contributed by atoms with Crippen molar-refractivity contribution >= 4 is 27.3 Å². The molecule has 0 atom stereocenters. The van der Waals surface area contributed by atoms with E-state index in [-0.39, 0.29) is 11.3 Å². The molecule has 3 rings (SSSR count). The van der Waals surface area contributed by atoms with Crippen LogP contribution in [-0.2, 0) is 10.0 Å². The van der Waals surface area contributed by atoms with Crippen LogP contribution in [0, 0.1) is 11.6 Å². The fraction of sp³-hybridized carbons (Fsp3) is 0.0952. The molecule has 3 aromatic rings. The average Bonchev–Trinajstić information content (AvgIpc) is 2.73. The third kappa shape index (κ3) is 4.25. The van der Waals surface area contributed by atoms with Gasteiger partial charge in [0.15, 0.2) is 0 Å². The maximum Gasteiger partial charge on any atom is 0.267 e. The maximum atomic E-state index is 14.1. The van der Waals surface area contributed by atoms with Crippen molar-refractivity contribution in [3.63, 3.8) is 0 Å². The number of halogens is 2. The number of anilines is 2. The minimum absolute atomic E-state index is 0.0345. The largest absolute Gasteiger partial charge is 0.497 e. The van der Waals surface area contributed by atoms with E-state index in [4.69, 9.17) is 4.74 Å². The molecule has 0 fully saturated rings. The minimum Gasteiger partial charge on any atom is -0.497 e. The zero-order valence-electron chi connectivity index (χ0n) is 16.1. The lowest BCUT2D eigenvalue weighted by atomic mass is 10.1. The summed E-state index contributed by atoms with van der Waals surface area (Å²) in [7, 11) is -1.67. The van der Waals surface area contributed by atoms with Crippen LogP contribution in [0.4, 0.5) is 20.2 Å². The molecule has 1 N–H and O–H groups in total. The van der Waals surface area contributed by atoms with Crippen LogP contribution >= 0.6 is 0 Å². The summed E-state index contributed by atoms with van der Waals surface area (Å²) in [4.78, 5) is 12.1. The number of carbonyl (C=O) groups is 1. The summed E-state index contributed by atoms with van der Waals surface area (Å²) in [5, 5.41) is 2.68. The first kappa shape index (κ1) is 21.3. The fourth-order valence-electron chi connectivity index (χ4n) is 2.77. The Morgan fingerprint density at radius 3 is 2.30 bits per heavy atom. The van der Waals surface area contributed by atoms with Gasteiger partial charge in [-0.05, 0) is 48.5 Å². The van der Waals surface area contributed by atoms with Gasteiger partial charge in [-0.2, -0.15) is 0 Å². The molecular formula is C21H18F2N2O4S. The second-order valence-corrected chi connectivity index (χ2v) is 8.18. The smallest absolute Gasteiger partial charge is 0.267 e. The Morgan fingerprint density at radius 1 is 1.00 bits per heavy atom. The van der Waals surface area contributed by atoms with Crippen LogP contribution in [0.25, 0.3) is 0 Å².